The first-order chi connectivity index (χ1) is 12.0. The maximum atomic E-state index is 12.3. The van der Waals surface area contributed by atoms with E-state index in [-0.39, 0.29) is 5.91 Å². The molecular formula is C19H19N3O3. The quantitative estimate of drug-likeness (QED) is 0.670. The van der Waals surface area contributed by atoms with Crippen molar-refractivity contribution in [1.82, 2.24) is 10.3 Å². The fourth-order valence-corrected chi connectivity index (χ4v) is 2.42. The molecule has 1 atom stereocenters. The normalized spacial score (nSPS) is 20.2. The second kappa shape index (κ2) is 6.76. The lowest BCUT2D eigenvalue weighted by molar-refractivity contribution is -0.130. The molecule has 25 heavy (non-hydrogen) atoms. The van der Waals surface area contributed by atoms with E-state index in [0.29, 0.717) is 12.2 Å². The Balaban J connectivity index is 1.75. The number of carbonyl (C=O) groups excluding carboxylic acids is 2. The molecule has 128 valence electrons. The number of ether oxygens (including phenoxy) is 1. The van der Waals surface area contributed by atoms with Gasteiger partial charge in [0.05, 0.1) is 6.21 Å². The summed E-state index contributed by atoms with van der Waals surface area (Å²) in [7, 11) is 0. The molecule has 1 aliphatic heterocycles. The van der Waals surface area contributed by atoms with E-state index in [1.165, 1.54) is 6.21 Å². The number of hydrogen-bond donors (Lipinski definition) is 1. The van der Waals surface area contributed by atoms with Crippen LogP contribution in [0.3, 0.4) is 0 Å². The van der Waals surface area contributed by atoms with E-state index in [9.17, 15) is 9.59 Å². The van der Waals surface area contributed by atoms with Crippen molar-refractivity contribution in [2.45, 2.75) is 25.8 Å². The van der Waals surface area contributed by atoms with Crippen LogP contribution in [0.15, 0.2) is 59.7 Å². The predicted octanol–water partition coefficient (Wildman–Crippen LogP) is 3.53. The number of hydrogen-bond acceptors (Lipinski definition) is 4. The molecule has 0 bridgehead atoms. The number of urea groups is 1. The SMILES string of the molecule is CC[C@]1(C)NC(=O)N(/N=C\c2cccc(Oc3ccccc3)c2)C1=O. The van der Waals surface area contributed by atoms with Crippen LogP contribution in [0.25, 0.3) is 0 Å². The van der Waals surface area contributed by atoms with Crippen LogP contribution in [0.5, 0.6) is 11.5 Å². The van der Waals surface area contributed by atoms with Gasteiger partial charge in [-0.25, -0.2) is 4.79 Å². The van der Waals surface area contributed by atoms with Gasteiger partial charge in [0.2, 0.25) is 0 Å². The van der Waals surface area contributed by atoms with Crippen LogP contribution >= 0.6 is 0 Å². The Morgan fingerprint density at radius 1 is 1.12 bits per heavy atom. The van der Waals surface area contributed by atoms with Crippen molar-refractivity contribution in [3.63, 3.8) is 0 Å². The van der Waals surface area contributed by atoms with E-state index in [4.69, 9.17) is 4.74 Å². The predicted molar refractivity (Wildman–Crippen MR) is 94.6 cm³/mol. The van der Waals surface area contributed by atoms with Crippen LogP contribution in [-0.2, 0) is 4.79 Å². The monoisotopic (exact) mass is 337 g/mol. The lowest BCUT2D eigenvalue weighted by Crippen LogP contribution is -2.42. The van der Waals surface area contributed by atoms with Crippen molar-refractivity contribution >= 4 is 18.2 Å². The molecule has 1 N–H and O–H groups in total. The smallest absolute Gasteiger partial charge is 0.346 e. The molecule has 2 aromatic carbocycles. The van der Waals surface area contributed by atoms with Gasteiger partial charge >= 0.3 is 6.03 Å². The average Bonchev–Trinajstić information content (AvgIpc) is 2.84. The zero-order chi connectivity index (χ0) is 17.9. The molecule has 0 spiro atoms. The topological polar surface area (TPSA) is 71.0 Å². The molecule has 0 saturated carbocycles. The summed E-state index contributed by atoms with van der Waals surface area (Å²) in [5.74, 6) is 1.02. The molecule has 6 heteroatoms. The number of nitrogens with zero attached hydrogens (tertiary/aromatic N) is 2. The molecule has 1 saturated heterocycles. The summed E-state index contributed by atoms with van der Waals surface area (Å²) in [6, 6.07) is 16.2. The zero-order valence-electron chi connectivity index (χ0n) is 14.1. The number of nitrogens with one attached hydrogen (secondary N) is 1. The number of carbonyl (C=O) groups is 2. The molecular weight excluding hydrogens is 318 g/mol. The Morgan fingerprint density at radius 2 is 1.84 bits per heavy atom. The Bertz CT molecular complexity index is 820. The number of amides is 3. The van der Waals surface area contributed by atoms with Gasteiger partial charge in [0.15, 0.2) is 0 Å². The largest absolute Gasteiger partial charge is 0.457 e. The Kier molecular flexibility index (Phi) is 4.52. The maximum absolute atomic E-state index is 12.3. The summed E-state index contributed by atoms with van der Waals surface area (Å²) >= 11 is 0. The molecule has 3 rings (SSSR count). The van der Waals surface area contributed by atoms with Gasteiger partial charge in [-0.15, -0.1) is 5.01 Å². The highest BCUT2D eigenvalue weighted by Gasteiger charge is 2.46. The van der Waals surface area contributed by atoms with E-state index >= 15 is 0 Å². The third-order valence-electron chi connectivity index (χ3n) is 4.11. The fraction of sp³-hybridized carbons (Fsp3) is 0.211. The Hall–Kier alpha value is -3.15. The molecule has 0 radical (unpaired) electrons. The highest BCUT2D eigenvalue weighted by molar-refractivity contribution is 6.07. The van der Waals surface area contributed by atoms with Crippen molar-refractivity contribution in [1.29, 1.82) is 0 Å². The fourth-order valence-electron chi connectivity index (χ4n) is 2.42. The van der Waals surface area contributed by atoms with E-state index in [0.717, 1.165) is 16.3 Å². The standard InChI is InChI=1S/C19H19N3O3/c1-3-19(2)17(23)22(18(24)21-19)20-13-14-8-7-11-16(12-14)25-15-9-5-4-6-10-15/h4-13H,3H2,1-2H3,(H,21,24)/b20-13-/t19-/m0/s1. The second-order valence-corrected chi connectivity index (χ2v) is 5.96. The summed E-state index contributed by atoms with van der Waals surface area (Å²) in [6.45, 7) is 3.53. The van der Waals surface area contributed by atoms with E-state index in [2.05, 4.69) is 10.4 Å². The molecule has 1 aliphatic rings. The lowest BCUT2D eigenvalue weighted by atomic mass is 10.00. The van der Waals surface area contributed by atoms with Crippen molar-refractivity contribution in [2.75, 3.05) is 0 Å². The molecule has 0 aromatic heterocycles. The number of benzene rings is 2. The first-order valence-corrected chi connectivity index (χ1v) is 8.05. The van der Waals surface area contributed by atoms with Crippen LogP contribution in [0.2, 0.25) is 0 Å². The molecule has 0 aliphatic carbocycles. The summed E-state index contributed by atoms with van der Waals surface area (Å²) in [6.07, 6.45) is 1.97. The van der Waals surface area contributed by atoms with Gasteiger partial charge in [0, 0.05) is 0 Å². The Labute approximate surface area is 146 Å². The molecule has 0 unspecified atom stereocenters. The van der Waals surface area contributed by atoms with E-state index in [1.807, 2.05) is 55.5 Å². The van der Waals surface area contributed by atoms with E-state index < -0.39 is 11.6 Å². The van der Waals surface area contributed by atoms with Crippen LogP contribution in [0, 0.1) is 0 Å². The van der Waals surface area contributed by atoms with Crippen LogP contribution in [0.4, 0.5) is 4.79 Å². The second-order valence-electron chi connectivity index (χ2n) is 5.96. The summed E-state index contributed by atoms with van der Waals surface area (Å²) in [5, 5.41) is 7.57. The highest BCUT2D eigenvalue weighted by Crippen LogP contribution is 2.23. The summed E-state index contributed by atoms with van der Waals surface area (Å²) in [4.78, 5) is 24.2. The van der Waals surface area contributed by atoms with Gasteiger partial charge < -0.3 is 10.1 Å². The average molecular weight is 337 g/mol. The van der Waals surface area contributed by atoms with Gasteiger partial charge in [-0.3, -0.25) is 4.79 Å². The number of para-hydroxylation sites is 1. The number of hydrazone groups is 1. The maximum Gasteiger partial charge on any atom is 0.346 e. The lowest BCUT2D eigenvalue weighted by Gasteiger charge is -2.17. The van der Waals surface area contributed by atoms with Crippen molar-refractivity contribution in [2.24, 2.45) is 5.10 Å². The molecule has 2 aromatic rings. The Morgan fingerprint density at radius 3 is 2.52 bits per heavy atom. The number of rotatable bonds is 5. The van der Waals surface area contributed by atoms with E-state index in [1.54, 1.807) is 13.0 Å². The van der Waals surface area contributed by atoms with Crippen molar-refractivity contribution in [3.05, 3.63) is 60.2 Å². The minimum absolute atomic E-state index is 0.354. The summed E-state index contributed by atoms with van der Waals surface area (Å²) < 4.78 is 5.76. The number of imide groups is 1. The molecule has 6 nitrogen and oxygen atoms in total. The van der Waals surface area contributed by atoms with Gasteiger partial charge in [-0.1, -0.05) is 37.3 Å². The van der Waals surface area contributed by atoms with Gasteiger partial charge in [0.25, 0.3) is 5.91 Å². The van der Waals surface area contributed by atoms with Crippen LogP contribution in [-0.4, -0.2) is 28.7 Å². The van der Waals surface area contributed by atoms with Crippen LogP contribution in [0.1, 0.15) is 25.8 Å². The molecule has 1 heterocycles. The van der Waals surface area contributed by atoms with Crippen molar-refractivity contribution in [3.8, 4) is 11.5 Å². The zero-order valence-corrected chi connectivity index (χ0v) is 14.1. The van der Waals surface area contributed by atoms with Gasteiger partial charge in [-0.05, 0) is 43.2 Å². The first kappa shape index (κ1) is 16.7. The van der Waals surface area contributed by atoms with Gasteiger partial charge in [0.1, 0.15) is 17.0 Å². The third kappa shape index (κ3) is 3.52. The minimum Gasteiger partial charge on any atom is -0.457 e. The van der Waals surface area contributed by atoms with Gasteiger partial charge in [-0.2, -0.15) is 5.10 Å². The summed E-state index contributed by atoms with van der Waals surface area (Å²) in [5.41, 5.74) is -0.175. The minimum atomic E-state index is -0.896. The molecule has 3 amide bonds. The molecule has 1 fully saturated rings. The third-order valence-corrected chi connectivity index (χ3v) is 4.11. The van der Waals surface area contributed by atoms with Crippen LogP contribution < -0.4 is 10.1 Å². The first-order valence-electron chi connectivity index (χ1n) is 8.05. The highest BCUT2D eigenvalue weighted by atomic mass is 16.5. The van der Waals surface area contributed by atoms with Crippen molar-refractivity contribution < 1.29 is 14.3 Å².